The number of thiophene rings is 1. The Bertz CT molecular complexity index is 943. The largest absolute Gasteiger partial charge is 0.465 e. The van der Waals surface area contributed by atoms with E-state index in [1.807, 2.05) is 0 Å². The molecule has 0 radical (unpaired) electrons. The van der Waals surface area contributed by atoms with Gasteiger partial charge < -0.3 is 9.47 Å². The van der Waals surface area contributed by atoms with Gasteiger partial charge in [0.1, 0.15) is 16.8 Å². The van der Waals surface area contributed by atoms with Crippen molar-refractivity contribution in [2.75, 3.05) is 14.2 Å². The molecule has 24 heavy (non-hydrogen) atoms. The molecule has 0 saturated heterocycles. The van der Waals surface area contributed by atoms with Gasteiger partial charge in [0.15, 0.2) is 0 Å². The molecule has 0 spiro atoms. The zero-order valence-electron chi connectivity index (χ0n) is 12.8. The number of nitrogens with zero attached hydrogens (tertiary/aromatic N) is 2. The Kier molecular flexibility index (Phi) is 4.13. The lowest BCUT2D eigenvalue weighted by Gasteiger charge is -2.03. The summed E-state index contributed by atoms with van der Waals surface area (Å²) in [6.45, 7) is 0. The summed E-state index contributed by atoms with van der Waals surface area (Å²) in [6.07, 6.45) is 1.46. The lowest BCUT2D eigenvalue weighted by atomic mass is 10.1. The zero-order chi connectivity index (χ0) is 17.3. The van der Waals surface area contributed by atoms with Crippen LogP contribution in [0.15, 0.2) is 35.8 Å². The number of hydrogen-bond donors (Lipinski definition) is 0. The molecular weight excluding hydrogens is 332 g/mol. The third-order valence-electron chi connectivity index (χ3n) is 3.44. The number of ether oxygens (including phenoxy) is 2. The summed E-state index contributed by atoms with van der Waals surface area (Å²) in [5.41, 5.74) is 0.0729. The lowest BCUT2D eigenvalue weighted by Crippen LogP contribution is -2.15. The van der Waals surface area contributed by atoms with Gasteiger partial charge in [-0.25, -0.2) is 14.1 Å². The van der Waals surface area contributed by atoms with Crippen molar-refractivity contribution >= 4 is 34.6 Å². The molecule has 0 saturated carbocycles. The molecule has 8 heteroatoms. The van der Waals surface area contributed by atoms with Gasteiger partial charge in [-0.2, -0.15) is 5.10 Å². The Balaban J connectivity index is 2.40. The normalized spacial score (nSPS) is 10.6. The molecule has 0 amide bonds. The average molecular weight is 344 g/mol. The minimum Gasteiger partial charge on any atom is -0.465 e. The van der Waals surface area contributed by atoms with Crippen LogP contribution in [-0.2, 0) is 9.47 Å². The molecule has 122 valence electrons. The first-order chi connectivity index (χ1) is 11.6. The average Bonchev–Trinajstić information content (AvgIpc) is 3.25. The van der Waals surface area contributed by atoms with E-state index in [4.69, 9.17) is 9.47 Å². The second kappa shape index (κ2) is 6.25. The van der Waals surface area contributed by atoms with Gasteiger partial charge in [-0.15, -0.1) is 11.3 Å². The lowest BCUT2D eigenvalue weighted by molar-refractivity contribution is 0.0556. The zero-order valence-corrected chi connectivity index (χ0v) is 13.6. The minimum absolute atomic E-state index is 0.0275. The van der Waals surface area contributed by atoms with Crippen LogP contribution in [0.1, 0.15) is 36.1 Å². The Morgan fingerprint density at radius 1 is 1.04 bits per heavy atom. The number of rotatable bonds is 4. The summed E-state index contributed by atoms with van der Waals surface area (Å²) >= 11 is 1.23. The van der Waals surface area contributed by atoms with Crippen LogP contribution in [0.5, 0.6) is 0 Å². The number of ketones is 1. The Labute approximate surface area is 140 Å². The third kappa shape index (κ3) is 2.37. The molecular formula is C16H12N2O5S. The molecule has 0 aliphatic heterocycles. The Hall–Kier alpha value is -3.00. The molecule has 0 aliphatic rings. The fourth-order valence-electron chi connectivity index (χ4n) is 2.44. The standard InChI is InChI=1S/C16H12N2O5S/c1-22-15(20)11-9-5-3-7-17-18(9)13(12(11)16(21)23-2)14(19)10-6-4-8-24-10/h3-8H,1-2H3. The molecule has 0 bridgehead atoms. The highest BCUT2D eigenvalue weighted by molar-refractivity contribution is 7.12. The third-order valence-corrected chi connectivity index (χ3v) is 4.31. The molecule has 3 rings (SSSR count). The second-order valence-corrected chi connectivity index (χ2v) is 5.66. The summed E-state index contributed by atoms with van der Waals surface area (Å²) in [4.78, 5) is 37.8. The van der Waals surface area contributed by atoms with E-state index >= 15 is 0 Å². The minimum atomic E-state index is -0.805. The predicted molar refractivity (Wildman–Crippen MR) is 85.6 cm³/mol. The van der Waals surface area contributed by atoms with Gasteiger partial charge in [-0.1, -0.05) is 6.07 Å². The highest BCUT2D eigenvalue weighted by atomic mass is 32.1. The van der Waals surface area contributed by atoms with E-state index in [1.54, 1.807) is 29.6 Å². The van der Waals surface area contributed by atoms with Crippen molar-refractivity contribution < 1.29 is 23.9 Å². The molecule has 3 aromatic rings. The molecule has 0 fully saturated rings. The highest BCUT2D eigenvalue weighted by Gasteiger charge is 2.33. The van der Waals surface area contributed by atoms with Crippen molar-refractivity contribution in [2.24, 2.45) is 0 Å². The van der Waals surface area contributed by atoms with Crippen LogP contribution in [0.2, 0.25) is 0 Å². The highest BCUT2D eigenvalue weighted by Crippen LogP contribution is 2.27. The van der Waals surface area contributed by atoms with E-state index in [0.29, 0.717) is 10.4 Å². The van der Waals surface area contributed by atoms with Gasteiger partial charge in [-0.05, 0) is 23.6 Å². The van der Waals surface area contributed by atoms with Gasteiger partial charge in [0, 0.05) is 6.20 Å². The predicted octanol–water partition coefficient (Wildman–Crippen LogP) is 2.20. The number of hydrogen-bond acceptors (Lipinski definition) is 7. The van der Waals surface area contributed by atoms with E-state index in [1.165, 1.54) is 36.3 Å². The monoisotopic (exact) mass is 344 g/mol. The number of carbonyl (C=O) groups is 3. The maximum Gasteiger partial charge on any atom is 0.341 e. The van der Waals surface area contributed by atoms with E-state index < -0.39 is 17.7 Å². The summed E-state index contributed by atoms with van der Waals surface area (Å²) in [7, 11) is 2.38. The van der Waals surface area contributed by atoms with Crippen molar-refractivity contribution in [3.8, 4) is 0 Å². The van der Waals surface area contributed by atoms with Gasteiger partial charge >= 0.3 is 11.9 Å². The van der Waals surface area contributed by atoms with Crippen LogP contribution in [-0.4, -0.2) is 41.6 Å². The fourth-order valence-corrected chi connectivity index (χ4v) is 3.10. The second-order valence-electron chi connectivity index (χ2n) is 4.71. The molecule has 3 heterocycles. The molecule has 0 N–H and O–H groups in total. The number of aromatic nitrogens is 2. The van der Waals surface area contributed by atoms with Crippen molar-refractivity contribution in [3.63, 3.8) is 0 Å². The van der Waals surface area contributed by atoms with Crippen LogP contribution in [0.4, 0.5) is 0 Å². The molecule has 0 aliphatic carbocycles. The topological polar surface area (TPSA) is 87.0 Å². The summed E-state index contributed by atoms with van der Waals surface area (Å²) in [5, 5.41) is 5.86. The molecule has 3 aromatic heterocycles. The van der Waals surface area contributed by atoms with E-state index in [-0.39, 0.29) is 16.8 Å². The molecule has 0 atom stereocenters. The molecule has 0 aromatic carbocycles. The van der Waals surface area contributed by atoms with Crippen LogP contribution in [0, 0.1) is 0 Å². The van der Waals surface area contributed by atoms with Crippen LogP contribution < -0.4 is 0 Å². The van der Waals surface area contributed by atoms with Crippen LogP contribution in [0.25, 0.3) is 5.52 Å². The van der Waals surface area contributed by atoms with Gasteiger partial charge in [0.25, 0.3) is 0 Å². The summed E-state index contributed by atoms with van der Waals surface area (Å²) in [6, 6.07) is 6.54. The first-order valence-corrected chi connectivity index (χ1v) is 7.72. The Morgan fingerprint density at radius 3 is 2.38 bits per heavy atom. The number of carbonyl (C=O) groups excluding carboxylic acids is 3. The molecule has 0 unspecified atom stereocenters. The number of methoxy groups -OCH3 is 2. The van der Waals surface area contributed by atoms with Gasteiger partial charge in [0.2, 0.25) is 5.78 Å². The van der Waals surface area contributed by atoms with Gasteiger partial charge in [-0.3, -0.25) is 4.79 Å². The summed E-state index contributed by atoms with van der Waals surface area (Å²) < 4.78 is 10.8. The van der Waals surface area contributed by atoms with Gasteiger partial charge in [0.05, 0.1) is 24.6 Å². The number of esters is 2. The van der Waals surface area contributed by atoms with E-state index in [2.05, 4.69) is 5.10 Å². The van der Waals surface area contributed by atoms with E-state index in [0.717, 1.165) is 0 Å². The van der Waals surface area contributed by atoms with Crippen molar-refractivity contribution in [2.45, 2.75) is 0 Å². The number of fused-ring (bicyclic) bond motifs is 1. The first-order valence-electron chi connectivity index (χ1n) is 6.84. The van der Waals surface area contributed by atoms with Crippen molar-refractivity contribution in [1.82, 2.24) is 9.61 Å². The maximum absolute atomic E-state index is 12.9. The first kappa shape index (κ1) is 15.9. The van der Waals surface area contributed by atoms with Crippen LogP contribution >= 0.6 is 11.3 Å². The quantitative estimate of drug-likeness (QED) is 0.533. The van der Waals surface area contributed by atoms with Crippen LogP contribution in [0.3, 0.4) is 0 Å². The fraction of sp³-hybridized carbons (Fsp3) is 0.125. The molecule has 7 nitrogen and oxygen atoms in total. The SMILES string of the molecule is COC(=O)c1c(C(=O)OC)c2cccnn2c1C(=O)c1cccs1. The van der Waals surface area contributed by atoms with Crippen molar-refractivity contribution in [1.29, 1.82) is 0 Å². The van der Waals surface area contributed by atoms with E-state index in [9.17, 15) is 14.4 Å². The van der Waals surface area contributed by atoms with Crippen molar-refractivity contribution in [3.05, 3.63) is 57.5 Å². The maximum atomic E-state index is 12.9. The summed E-state index contributed by atoms with van der Waals surface area (Å²) in [5.74, 6) is -1.97. The Morgan fingerprint density at radius 2 is 1.75 bits per heavy atom. The smallest absolute Gasteiger partial charge is 0.341 e.